The van der Waals surface area contributed by atoms with E-state index in [1.807, 2.05) is 13.0 Å². The fourth-order valence-corrected chi connectivity index (χ4v) is 2.90. The number of nitro benzene ring substituents is 1. The fraction of sp³-hybridized carbons (Fsp3) is 0.600. The van der Waals surface area contributed by atoms with Gasteiger partial charge in [-0.3, -0.25) is 15.0 Å². The highest BCUT2D eigenvalue weighted by molar-refractivity contribution is 5.44. The Bertz CT molecular complexity index is 470. The molecule has 1 aromatic rings. The minimum Gasteiger partial charge on any atom is -0.315 e. The van der Waals surface area contributed by atoms with Gasteiger partial charge in [0.25, 0.3) is 5.69 Å². The summed E-state index contributed by atoms with van der Waals surface area (Å²) in [6.45, 7) is 7.87. The first-order valence-corrected chi connectivity index (χ1v) is 7.31. The molecule has 0 aromatic heterocycles. The number of nitrogens with zero attached hydrogens (tertiary/aromatic N) is 2. The van der Waals surface area contributed by atoms with Crippen molar-refractivity contribution in [3.63, 3.8) is 0 Å². The monoisotopic (exact) mass is 277 g/mol. The molecule has 1 aromatic carbocycles. The van der Waals surface area contributed by atoms with Crippen LogP contribution in [0.1, 0.15) is 30.9 Å². The summed E-state index contributed by atoms with van der Waals surface area (Å²) >= 11 is 0. The van der Waals surface area contributed by atoms with E-state index in [2.05, 4.69) is 17.1 Å². The zero-order valence-corrected chi connectivity index (χ0v) is 12.3. The van der Waals surface area contributed by atoms with Crippen LogP contribution in [0.4, 0.5) is 5.69 Å². The summed E-state index contributed by atoms with van der Waals surface area (Å²) in [6.07, 6.45) is 2.41. The molecule has 0 spiro atoms. The first kappa shape index (κ1) is 14.9. The molecule has 1 aliphatic rings. The van der Waals surface area contributed by atoms with Crippen LogP contribution in [-0.2, 0) is 6.54 Å². The van der Waals surface area contributed by atoms with Crippen molar-refractivity contribution in [3.05, 3.63) is 39.4 Å². The highest BCUT2D eigenvalue weighted by Crippen LogP contribution is 2.23. The second kappa shape index (κ2) is 6.81. The second-order valence-corrected chi connectivity index (χ2v) is 5.38. The fourth-order valence-electron chi connectivity index (χ4n) is 2.90. The molecule has 0 radical (unpaired) electrons. The van der Waals surface area contributed by atoms with E-state index in [9.17, 15) is 10.1 Å². The number of piperidine rings is 1. The lowest BCUT2D eigenvalue weighted by atomic mass is 10.0. The smallest absolute Gasteiger partial charge is 0.272 e. The molecule has 1 aliphatic heterocycles. The van der Waals surface area contributed by atoms with Gasteiger partial charge in [-0.25, -0.2) is 0 Å². The molecule has 1 unspecified atom stereocenters. The molecular formula is C15H23N3O2. The van der Waals surface area contributed by atoms with Gasteiger partial charge < -0.3 is 5.32 Å². The number of rotatable bonds is 5. The Kier molecular flexibility index (Phi) is 5.09. The zero-order chi connectivity index (χ0) is 14.5. The first-order valence-electron chi connectivity index (χ1n) is 7.31. The SMILES string of the molecule is CCN(Cc1cccc([N+](=O)[O-])c1C)C1CCCNC1. The molecule has 5 nitrogen and oxygen atoms in total. The lowest BCUT2D eigenvalue weighted by Crippen LogP contribution is -2.45. The van der Waals surface area contributed by atoms with Gasteiger partial charge in [0.2, 0.25) is 0 Å². The molecule has 1 saturated heterocycles. The number of nitro groups is 1. The summed E-state index contributed by atoms with van der Waals surface area (Å²) in [5.41, 5.74) is 2.08. The van der Waals surface area contributed by atoms with Crippen molar-refractivity contribution < 1.29 is 4.92 Å². The second-order valence-electron chi connectivity index (χ2n) is 5.38. The Hall–Kier alpha value is -1.46. The van der Waals surface area contributed by atoms with E-state index in [4.69, 9.17) is 0 Å². The Morgan fingerprint density at radius 3 is 2.90 bits per heavy atom. The van der Waals surface area contributed by atoms with E-state index in [1.165, 1.54) is 12.8 Å². The third-order valence-electron chi connectivity index (χ3n) is 4.18. The molecule has 20 heavy (non-hydrogen) atoms. The molecule has 1 fully saturated rings. The Balaban J connectivity index is 2.14. The lowest BCUT2D eigenvalue weighted by molar-refractivity contribution is -0.385. The molecule has 1 atom stereocenters. The van der Waals surface area contributed by atoms with Crippen LogP contribution in [0.2, 0.25) is 0 Å². The number of hydrogen-bond acceptors (Lipinski definition) is 4. The van der Waals surface area contributed by atoms with Crippen molar-refractivity contribution >= 4 is 5.69 Å². The Morgan fingerprint density at radius 2 is 2.30 bits per heavy atom. The summed E-state index contributed by atoms with van der Waals surface area (Å²) in [7, 11) is 0. The van der Waals surface area contributed by atoms with Gasteiger partial charge in [-0.15, -0.1) is 0 Å². The van der Waals surface area contributed by atoms with E-state index in [1.54, 1.807) is 12.1 Å². The van der Waals surface area contributed by atoms with Gasteiger partial charge in [0.1, 0.15) is 0 Å². The summed E-state index contributed by atoms with van der Waals surface area (Å²) < 4.78 is 0. The van der Waals surface area contributed by atoms with Crippen LogP contribution in [0.3, 0.4) is 0 Å². The van der Waals surface area contributed by atoms with Crippen LogP contribution >= 0.6 is 0 Å². The third-order valence-corrected chi connectivity index (χ3v) is 4.18. The topological polar surface area (TPSA) is 58.4 Å². The number of nitrogens with one attached hydrogen (secondary N) is 1. The quantitative estimate of drug-likeness (QED) is 0.663. The van der Waals surface area contributed by atoms with Crippen LogP contribution in [0.25, 0.3) is 0 Å². The average Bonchev–Trinajstić information content (AvgIpc) is 2.47. The van der Waals surface area contributed by atoms with Crippen molar-refractivity contribution in [2.24, 2.45) is 0 Å². The maximum absolute atomic E-state index is 11.0. The summed E-state index contributed by atoms with van der Waals surface area (Å²) in [5.74, 6) is 0. The van der Waals surface area contributed by atoms with E-state index in [-0.39, 0.29) is 10.6 Å². The molecule has 5 heteroatoms. The minimum atomic E-state index is -0.294. The van der Waals surface area contributed by atoms with E-state index >= 15 is 0 Å². The Morgan fingerprint density at radius 1 is 1.50 bits per heavy atom. The Labute approximate surface area is 120 Å². The van der Waals surface area contributed by atoms with E-state index in [0.29, 0.717) is 6.04 Å². The highest BCUT2D eigenvalue weighted by atomic mass is 16.6. The predicted octanol–water partition coefficient (Wildman–Crippen LogP) is 2.48. The van der Waals surface area contributed by atoms with Crippen molar-refractivity contribution in [1.82, 2.24) is 10.2 Å². The van der Waals surface area contributed by atoms with Crippen LogP contribution in [0.15, 0.2) is 18.2 Å². The van der Waals surface area contributed by atoms with Crippen molar-refractivity contribution in [3.8, 4) is 0 Å². The molecule has 0 aliphatic carbocycles. The molecule has 0 amide bonds. The van der Waals surface area contributed by atoms with Gasteiger partial charge in [-0.2, -0.15) is 0 Å². The number of hydrogen-bond donors (Lipinski definition) is 1. The molecule has 0 bridgehead atoms. The minimum absolute atomic E-state index is 0.223. The molecule has 1 heterocycles. The van der Waals surface area contributed by atoms with Gasteiger partial charge in [0, 0.05) is 30.8 Å². The van der Waals surface area contributed by atoms with Gasteiger partial charge in [0.15, 0.2) is 0 Å². The highest BCUT2D eigenvalue weighted by Gasteiger charge is 2.21. The average molecular weight is 277 g/mol. The molecule has 0 saturated carbocycles. The first-order chi connectivity index (χ1) is 9.63. The van der Waals surface area contributed by atoms with Crippen molar-refractivity contribution in [2.75, 3.05) is 19.6 Å². The van der Waals surface area contributed by atoms with E-state index in [0.717, 1.165) is 37.3 Å². The van der Waals surface area contributed by atoms with Gasteiger partial charge in [0.05, 0.1) is 4.92 Å². The lowest BCUT2D eigenvalue weighted by Gasteiger charge is -2.34. The van der Waals surface area contributed by atoms with Crippen molar-refractivity contribution in [1.29, 1.82) is 0 Å². The zero-order valence-electron chi connectivity index (χ0n) is 12.3. The standard InChI is InChI=1S/C15H23N3O2/c1-3-17(14-7-5-9-16-10-14)11-13-6-4-8-15(12(13)2)18(19)20/h4,6,8,14,16H,3,5,7,9-11H2,1-2H3. The normalized spacial score (nSPS) is 19.2. The van der Waals surface area contributed by atoms with Crippen LogP contribution in [-0.4, -0.2) is 35.5 Å². The van der Waals surface area contributed by atoms with Crippen LogP contribution < -0.4 is 5.32 Å². The van der Waals surface area contributed by atoms with Gasteiger partial charge >= 0.3 is 0 Å². The van der Waals surface area contributed by atoms with Crippen LogP contribution in [0.5, 0.6) is 0 Å². The van der Waals surface area contributed by atoms with Crippen LogP contribution in [0, 0.1) is 17.0 Å². The summed E-state index contributed by atoms with van der Waals surface area (Å²) in [4.78, 5) is 13.1. The maximum atomic E-state index is 11.0. The largest absolute Gasteiger partial charge is 0.315 e. The molecule has 1 N–H and O–H groups in total. The molecule has 2 rings (SSSR count). The molecular weight excluding hydrogens is 254 g/mol. The summed E-state index contributed by atoms with van der Waals surface area (Å²) in [5, 5.41) is 14.4. The van der Waals surface area contributed by atoms with Gasteiger partial charge in [-0.1, -0.05) is 19.1 Å². The number of benzene rings is 1. The maximum Gasteiger partial charge on any atom is 0.272 e. The number of likely N-dealkylation sites (N-methyl/N-ethyl adjacent to an activating group) is 1. The molecule has 110 valence electrons. The predicted molar refractivity (Wildman–Crippen MR) is 79.8 cm³/mol. The van der Waals surface area contributed by atoms with E-state index < -0.39 is 0 Å². The third kappa shape index (κ3) is 3.35. The summed E-state index contributed by atoms with van der Waals surface area (Å²) in [6, 6.07) is 5.90. The van der Waals surface area contributed by atoms with Gasteiger partial charge in [-0.05, 0) is 38.4 Å². The van der Waals surface area contributed by atoms with Crippen molar-refractivity contribution in [2.45, 2.75) is 39.3 Å².